The first-order chi connectivity index (χ1) is 9.45. The van der Waals surface area contributed by atoms with E-state index in [1.54, 1.807) is 26.2 Å². The fraction of sp³-hybridized carbons (Fsp3) is 0.571. The summed E-state index contributed by atoms with van der Waals surface area (Å²) in [6, 6.07) is 7.60. The Hall–Kier alpha value is -0.950. The predicted octanol–water partition coefficient (Wildman–Crippen LogP) is 0.860. The first-order valence-electron chi connectivity index (χ1n) is 6.90. The molecule has 0 spiro atoms. The number of rotatable bonds is 5. The van der Waals surface area contributed by atoms with Crippen LogP contribution in [-0.2, 0) is 16.6 Å². The lowest BCUT2D eigenvalue weighted by atomic mass is 10.2. The van der Waals surface area contributed by atoms with Gasteiger partial charge in [0.1, 0.15) is 0 Å². The van der Waals surface area contributed by atoms with Gasteiger partial charge in [-0.25, -0.2) is 12.7 Å². The van der Waals surface area contributed by atoms with Crippen LogP contribution in [0.15, 0.2) is 29.2 Å². The average molecular weight is 297 g/mol. The maximum absolute atomic E-state index is 12.0. The summed E-state index contributed by atoms with van der Waals surface area (Å²) >= 11 is 0. The maximum Gasteiger partial charge on any atom is 0.242 e. The minimum atomic E-state index is -3.34. The molecule has 1 aromatic rings. The molecule has 2 rings (SSSR count). The van der Waals surface area contributed by atoms with E-state index in [2.05, 4.69) is 4.90 Å². The summed E-state index contributed by atoms with van der Waals surface area (Å²) in [5.41, 5.74) is 6.89. The Labute approximate surface area is 121 Å². The van der Waals surface area contributed by atoms with E-state index in [1.807, 2.05) is 12.1 Å². The third kappa shape index (κ3) is 3.20. The van der Waals surface area contributed by atoms with Crippen molar-refractivity contribution in [2.75, 3.05) is 27.2 Å². The molecule has 5 nitrogen and oxygen atoms in total. The lowest BCUT2D eigenvalue weighted by Crippen LogP contribution is -2.34. The Kier molecular flexibility index (Phi) is 4.80. The van der Waals surface area contributed by atoms with E-state index in [4.69, 9.17) is 5.73 Å². The van der Waals surface area contributed by atoms with Crippen molar-refractivity contribution in [1.82, 2.24) is 9.21 Å². The van der Waals surface area contributed by atoms with Crippen molar-refractivity contribution in [2.45, 2.75) is 30.3 Å². The van der Waals surface area contributed by atoms with Crippen molar-refractivity contribution in [3.8, 4) is 0 Å². The Morgan fingerprint density at radius 2 is 1.95 bits per heavy atom. The molecule has 0 saturated carbocycles. The van der Waals surface area contributed by atoms with Crippen LogP contribution in [0.5, 0.6) is 0 Å². The fourth-order valence-corrected chi connectivity index (χ4v) is 3.48. The highest BCUT2D eigenvalue weighted by Gasteiger charge is 2.23. The molecule has 1 atom stereocenters. The SMILES string of the molecule is CN(C)S(=O)(=O)c1ccc(CN2CCCC2CN)cc1. The number of benzene rings is 1. The van der Waals surface area contributed by atoms with Crippen molar-refractivity contribution >= 4 is 10.0 Å². The van der Waals surface area contributed by atoms with Gasteiger partial charge in [0.25, 0.3) is 0 Å². The molecular formula is C14H23N3O2S. The highest BCUT2D eigenvalue weighted by molar-refractivity contribution is 7.89. The predicted molar refractivity (Wildman–Crippen MR) is 79.8 cm³/mol. The van der Waals surface area contributed by atoms with Gasteiger partial charge in [0, 0.05) is 33.2 Å². The van der Waals surface area contributed by atoms with Crippen LogP contribution in [0.1, 0.15) is 18.4 Å². The standard InChI is InChI=1S/C14H23N3O2S/c1-16(2)20(18,19)14-7-5-12(6-8-14)11-17-9-3-4-13(17)10-15/h5-8,13H,3-4,9-11,15H2,1-2H3. The normalized spacial score (nSPS) is 20.7. The molecule has 6 heteroatoms. The van der Waals surface area contributed by atoms with Crippen LogP contribution < -0.4 is 5.73 Å². The molecule has 1 unspecified atom stereocenters. The molecule has 0 aromatic heterocycles. The van der Waals surface area contributed by atoms with Crippen molar-refractivity contribution < 1.29 is 8.42 Å². The van der Waals surface area contributed by atoms with Crippen LogP contribution in [0.25, 0.3) is 0 Å². The van der Waals surface area contributed by atoms with Gasteiger partial charge in [-0.15, -0.1) is 0 Å². The number of sulfonamides is 1. The maximum atomic E-state index is 12.0. The van der Waals surface area contributed by atoms with Gasteiger partial charge < -0.3 is 5.73 Å². The van der Waals surface area contributed by atoms with E-state index in [1.165, 1.54) is 10.7 Å². The molecule has 1 saturated heterocycles. The Bertz CT molecular complexity index is 540. The van der Waals surface area contributed by atoms with E-state index >= 15 is 0 Å². The first-order valence-corrected chi connectivity index (χ1v) is 8.34. The third-order valence-corrected chi connectivity index (χ3v) is 5.69. The largest absolute Gasteiger partial charge is 0.329 e. The number of hydrogen-bond donors (Lipinski definition) is 1. The minimum absolute atomic E-state index is 0.336. The smallest absolute Gasteiger partial charge is 0.242 e. The van der Waals surface area contributed by atoms with Crippen LogP contribution in [-0.4, -0.2) is 50.8 Å². The van der Waals surface area contributed by atoms with Crippen LogP contribution in [0.3, 0.4) is 0 Å². The average Bonchev–Trinajstić information content (AvgIpc) is 2.86. The molecule has 0 aliphatic carbocycles. The molecule has 2 N–H and O–H groups in total. The van der Waals surface area contributed by atoms with Crippen LogP contribution in [0.2, 0.25) is 0 Å². The van der Waals surface area contributed by atoms with E-state index in [9.17, 15) is 8.42 Å². The van der Waals surface area contributed by atoms with Crippen LogP contribution in [0.4, 0.5) is 0 Å². The van der Waals surface area contributed by atoms with Gasteiger partial charge in [-0.05, 0) is 37.1 Å². The summed E-state index contributed by atoms with van der Waals surface area (Å²) in [6.45, 7) is 2.59. The Morgan fingerprint density at radius 1 is 1.30 bits per heavy atom. The lowest BCUT2D eigenvalue weighted by Gasteiger charge is -2.23. The second kappa shape index (κ2) is 6.22. The fourth-order valence-electron chi connectivity index (χ4n) is 2.58. The van der Waals surface area contributed by atoms with E-state index in [0.717, 1.165) is 25.1 Å². The molecule has 112 valence electrons. The zero-order valence-corrected chi connectivity index (χ0v) is 12.9. The quantitative estimate of drug-likeness (QED) is 0.875. The van der Waals surface area contributed by atoms with Crippen molar-refractivity contribution in [3.05, 3.63) is 29.8 Å². The van der Waals surface area contributed by atoms with Crippen molar-refractivity contribution in [1.29, 1.82) is 0 Å². The van der Waals surface area contributed by atoms with Crippen LogP contribution >= 0.6 is 0 Å². The number of nitrogens with two attached hydrogens (primary N) is 1. The summed E-state index contributed by atoms with van der Waals surface area (Å²) < 4.78 is 25.2. The number of likely N-dealkylation sites (tertiary alicyclic amines) is 1. The van der Waals surface area contributed by atoms with Gasteiger partial charge >= 0.3 is 0 Å². The first kappa shape index (κ1) is 15.4. The van der Waals surface area contributed by atoms with Crippen molar-refractivity contribution in [3.63, 3.8) is 0 Å². The molecule has 1 fully saturated rings. The minimum Gasteiger partial charge on any atom is -0.329 e. The van der Waals surface area contributed by atoms with Gasteiger partial charge in [0.05, 0.1) is 4.90 Å². The molecule has 0 amide bonds. The summed E-state index contributed by atoms with van der Waals surface area (Å²) in [4.78, 5) is 2.71. The number of nitrogens with zero attached hydrogens (tertiary/aromatic N) is 2. The number of hydrogen-bond acceptors (Lipinski definition) is 4. The molecule has 0 radical (unpaired) electrons. The molecule has 1 aliphatic rings. The zero-order chi connectivity index (χ0) is 14.8. The summed E-state index contributed by atoms with van der Waals surface area (Å²) in [6.07, 6.45) is 2.35. The van der Waals surface area contributed by atoms with Crippen molar-refractivity contribution in [2.24, 2.45) is 5.73 Å². The van der Waals surface area contributed by atoms with Gasteiger partial charge in [-0.1, -0.05) is 12.1 Å². The molecule has 0 bridgehead atoms. The zero-order valence-electron chi connectivity index (χ0n) is 12.1. The molecule has 1 heterocycles. The van der Waals surface area contributed by atoms with Gasteiger partial charge in [-0.2, -0.15) is 0 Å². The second-order valence-electron chi connectivity index (χ2n) is 5.43. The van der Waals surface area contributed by atoms with E-state index < -0.39 is 10.0 Å². The highest BCUT2D eigenvalue weighted by Crippen LogP contribution is 2.20. The third-order valence-electron chi connectivity index (χ3n) is 3.86. The summed E-state index contributed by atoms with van der Waals surface area (Å²) in [7, 11) is -0.255. The lowest BCUT2D eigenvalue weighted by molar-refractivity contribution is 0.250. The molecule has 1 aliphatic heterocycles. The monoisotopic (exact) mass is 297 g/mol. The Balaban J connectivity index is 2.09. The Morgan fingerprint density at radius 3 is 2.50 bits per heavy atom. The van der Waals surface area contributed by atoms with Crippen LogP contribution in [0, 0.1) is 0 Å². The van der Waals surface area contributed by atoms with E-state index in [-0.39, 0.29) is 0 Å². The van der Waals surface area contributed by atoms with Gasteiger partial charge in [0.15, 0.2) is 0 Å². The topological polar surface area (TPSA) is 66.6 Å². The van der Waals surface area contributed by atoms with Gasteiger partial charge in [-0.3, -0.25) is 4.90 Å². The second-order valence-corrected chi connectivity index (χ2v) is 7.59. The molecule has 1 aromatic carbocycles. The molecule has 20 heavy (non-hydrogen) atoms. The highest BCUT2D eigenvalue weighted by atomic mass is 32.2. The molecular weight excluding hydrogens is 274 g/mol. The summed E-state index contributed by atoms with van der Waals surface area (Å²) in [5, 5.41) is 0. The van der Waals surface area contributed by atoms with E-state index in [0.29, 0.717) is 17.5 Å². The van der Waals surface area contributed by atoms with Gasteiger partial charge in [0.2, 0.25) is 10.0 Å². The summed E-state index contributed by atoms with van der Waals surface area (Å²) in [5.74, 6) is 0.